The molecule has 0 aromatic heterocycles. The van der Waals surface area contributed by atoms with E-state index in [0.29, 0.717) is 6.42 Å². The van der Waals surface area contributed by atoms with Crippen LogP contribution in [0.15, 0.2) is 42.5 Å². The van der Waals surface area contributed by atoms with Gasteiger partial charge < -0.3 is 14.2 Å². The van der Waals surface area contributed by atoms with E-state index in [9.17, 15) is 4.79 Å². The molecule has 1 aromatic rings. The standard InChI is InChI=1S/C15H18O4/c1-17-14-9-8-12(10-13(14)15(16)18-2)19-11-6-4-3-5-7-11/h3-9,12-14H,10H2,1-2H3/t12-,13+,14-/m0/s1. The number of esters is 1. The van der Waals surface area contributed by atoms with E-state index in [4.69, 9.17) is 14.2 Å². The molecule has 0 radical (unpaired) electrons. The van der Waals surface area contributed by atoms with Crippen molar-refractivity contribution in [1.82, 2.24) is 0 Å². The molecule has 0 fully saturated rings. The van der Waals surface area contributed by atoms with Crippen molar-refractivity contribution in [3.05, 3.63) is 42.5 Å². The van der Waals surface area contributed by atoms with Crippen LogP contribution in [0.2, 0.25) is 0 Å². The number of para-hydroxylation sites is 1. The SMILES string of the molecule is COC(=O)[C@@H]1C[C@@H](Oc2ccccc2)C=C[C@@H]1OC. The van der Waals surface area contributed by atoms with E-state index < -0.39 is 0 Å². The van der Waals surface area contributed by atoms with E-state index in [2.05, 4.69) is 0 Å². The van der Waals surface area contributed by atoms with E-state index in [1.54, 1.807) is 7.11 Å². The highest BCUT2D eigenvalue weighted by Crippen LogP contribution is 2.26. The Balaban J connectivity index is 2.06. The van der Waals surface area contributed by atoms with Crippen LogP contribution in [-0.2, 0) is 14.3 Å². The lowest BCUT2D eigenvalue weighted by molar-refractivity contribution is -0.150. The molecule has 0 aliphatic heterocycles. The van der Waals surface area contributed by atoms with Crippen LogP contribution in [-0.4, -0.2) is 32.4 Å². The molecule has 0 unspecified atom stereocenters. The third kappa shape index (κ3) is 3.35. The van der Waals surface area contributed by atoms with Gasteiger partial charge in [-0.2, -0.15) is 0 Å². The minimum atomic E-state index is -0.325. The maximum absolute atomic E-state index is 11.7. The molecular formula is C15H18O4. The zero-order valence-electron chi connectivity index (χ0n) is 11.1. The maximum Gasteiger partial charge on any atom is 0.311 e. The second-order valence-electron chi connectivity index (χ2n) is 4.42. The summed E-state index contributed by atoms with van der Waals surface area (Å²) in [5, 5.41) is 0. The first-order chi connectivity index (χ1) is 9.24. The normalized spacial score (nSPS) is 25.9. The Morgan fingerprint density at radius 3 is 2.53 bits per heavy atom. The minimum absolute atomic E-state index is 0.141. The lowest BCUT2D eigenvalue weighted by Gasteiger charge is -2.29. The zero-order chi connectivity index (χ0) is 13.7. The third-order valence-corrected chi connectivity index (χ3v) is 3.21. The number of ether oxygens (including phenoxy) is 3. The summed E-state index contributed by atoms with van der Waals surface area (Å²) in [6.45, 7) is 0. The van der Waals surface area contributed by atoms with Gasteiger partial charge in [-0.25, -0.2) is 0 Å². The second-order valence-corrected chi connectivity index (χ2v) is 4.42. The Morgan fingerprint density at radius 1 is 1.16 bits per heavy atom. The first kappa shape index (κ1) is 13.6. The largest absolute Gasteiger partial charge is 0.486 e. The van der Waals surface area contributed by atoms with Crippen LogP contribution >= 0.6 is 0 Å². The van der Waals surface area contributed by atoms with Gasteiger partial charge in [0.2, 0.25) is 0 Å². The number of benzene rings is 1. The summed E-state index contributed by atoms with van der Waals surface area (Å²) in [7, 11) is 2.98. The van der Waals surface area contributed by atoms with Crippen LogP contribution in [0.25, 0.3) is 0 Å². The van der Waals surface area contributed by atoms with Crippen molar-refractivity contribution in [3.8, 4) is 5.75 Å². The molecule has 0 saturated carbocycles. The number of methoxy groups -OCH3 is 2. The molecule has 2 rings (SSSR count). The molecule has 0 amide bonds. The van der Waals surface area contributed by atoms with Crippen molar-refractivity contribution < 1.29 is 19.0 Å². The minimum Gasteiger partial charge on any atom is -0.486 e. The quantitative estimate of drug-likeness (QED) is 0.616. The Labute approximate surface area is 113 Å². The number of hydrogen-bond donors (Lipinski definition) is 0. The predicted octanol–water partition coefficient (Wildman–Crippen LogP) is 2.20. The van der Waals surface area contributed by atoms with Gasteiger partial charge in [0.1, 0.15) is 11.9 Å². The Kier molecular flexibility index (Phi) is 4.58. The average Bonchev–Trinajstić information content (AvgIpc) is 2.47. The summed E-state index contributed by atoms with van der Waals surface area (Å²) >= 11 is 0. The highest BCUT2D eigenvalue weighted by molar-refractivity contribution is 5.73. The van der Waals surface area contributed by atoms with E-state index in [1.807, 2.05) is 42.5 Å². The van der Waals surface area contributed by atoms with Gasteiger partial charge in [-0.05, 0) is 18.2 Å². The Bertz CT molecular complexity index is 441. The highest BCUT2D eigenvalue weighted by atomic mass is 16.5. The molecule has 0 N–H and O–H groups in total. The molecular weight excluding hydrogens is 244 g/mol. The fourth-order valence-electron chi connectivity index (χ4n) is 2.22. The fraction of sp³-hybridized carbons (Fsp3) is 0.400. The zero-order valence-corrected chi connectivity index (χ0v) is 11.1. The first-order valence-corrected chi connectivity index (χ1v) is 6.25. The number of carbonyl (C=O) groups is 1. The van der Waals surface area contributed by atoms with E-state index in [0.717, 1.165) is 5.75 Å². The van der Waals surface area contributed by atoms with Crippen LogP contribution in [0.1, 0.15) is 6.42 Å². The maximum atomic E-state index is 11.7. The van der Waals surface area contributed by atoms with E-state index in [1.165, 1.54) is 7.11 Å². The summed E-state index contributed by atoms with van der Waals surface area (Å²) < 4.78 is 15.9. The van der Waals surface area contributed by atoms with Gasteiger partial charge in [0.15, 0.2) is 0 Å². The summed E-state index contributed by atoms with van der Waals surface area (Å²) in [4.78, 5) is 11.7. The van der Waals surface area contributed by atoms with E-state index in [-0.39, 0.29) is 24.1 Å². The summed E-state index contributed by atoms with van der Waals surface area (Å²) in [5.41, 5.74) is 0. The van der Waals surface area contributed by atoms with Crippen LogP contribution in [0.4, 0.5) is 0 Å². The van der Waals surface area contributed by atoms with Crippen molar-refractivity contribution in [1.29, 1.82) is 0 Å². The molecule has 1 aromatic carbocycles. The van der Waals surface area contributed by atoms with E-state index >= 15 is 0 Å². The van der Waals surface area contributed by atoms with Gasteiger partial charge in [-0.1, -0.05) is 24.3 Å². The molecule has 0 saturated heterocycles. The van der Waals surface area contributed by atoms with Crippen molar-refractivity contribution in [2.75, 3.05) is 14.2 Å². The fourth-order valence-corrected chi connectivity index (χ4v) is 2.22. The Morgan fingerprint density at radius 2 is 1.89 bits per heavy atom. The molecule has 1 aliphatic carbocycles. The molecule has 0 bridgehead atoms. The smallest absolute Gasteiger partial charge is 0.311 e. The van der Waals surface area contributed by atoms with Gasteiger partial charge in [0, 0.05) is 13.5 Å². The second kappa shape index (κ2) is 6.38. The van der Waals surface area contributed by atoms with Gasteiger partial charge in [-0.3, -0.25) is 4.79 Å². The van der Waals surface area contributed by atoms with Gasteiger partial charge in [-0.15, -0.1) is 0 Å². The average molecular weight is 262 g/mol. The number of rotatable bonds is 4. The Hall–Kier alpha value is -1.81. The molecule has 4 heteroatoms. The number of carbonyl (C=O) groups excluding carboxylic acids is 1. The van der Waals surface area contributed by atoms with Crippen LogP contribution in [0.3, 0.4) is 0 Å². The lowest BCUT2D eigenvalue weighted by atomic mass is 9.90. The number of hydrogen-bond acceptors (Lipinski definition) is 4. The van der Waals surface area contributed by atoms with Gasteiger partial charge in [0.05, 0.1) is 19.1 Å². The molecule has 19 heavy (non-hydrogen) atoms. The topological polar surface area (TPSA) is 44.8 Å². The molecule has 0 spiro atoms. The molecule has 102 valence electrons. The van der Waals surface area contributed by atoms with Crippen molar-refractivity contribution >= 4 is 5.97 Å². The lowest BCUT2D eigenvalue weighted by Crippen LogP contribution is -2.37. The summed E-state index contributed by atoms with van der Waals surface area (Å²) in [6.07, 6.45) is 3.96. The van der Waals surface area contributed by atoms with Crippen LogP contribution in [0.5, 0.6) is 5.75 Å². The van der Waals surface area contributed by atoms with Crippen molar-refractivity contribution in [3.63, 3.8) is 0 Å². The first-order valence-electron chi connectivity index (χ1n) is 6.25. The highest BCUT2D eigenvalue weighted by Gasteiger charge is 2.33. The molecule has 1 aliphatic rings. The summed E-state index contributed by atoms with van der Waals surface area (Å²) in [6, 6.07) is 9.55. The van der Waals surface area contributed by atoms with Crippen LogP contribution < -0.4 is 4.74 Å². The van der Waals surface area contributed by atoms with Crippen molar-refractivity contribution in [2.45, 2.75) is 18.6 Å². The monoisotopic (exact) mass is 262 g/mol. The summed E-state index contributed by atoms with van der Waals surface area (Å²) in [5.74, 6) is 0.197. The van der Waals surface area contributed by atoms with Gasteiger partial charge >= 0.3 is 5.97 Å². The van der Waals surface area contributed by atoms with Gasteiger partial charge in [0.25, 0.3) is 0 Å². The molecule has 3 atom stereocenters. The third-order valence-electron chi connectivity index (χ3n) is 3.21. The molecule has 0 heterocycles. The van der Waals surface area contributed by atoms with Crippen LogP contribution in [0, 0.1) is 5.92 Å². The van der Waals surface area contributed by atoms with Crippen molar-refractivity contribution in [2.24, 2.45) is 5.92 Å². The predicted molar refractivity (Wildman–Crippen MR) is 70.9 cm³/mol. The molecule has 4 nitrogen and oxygen atoms in total.